The van der Waals surface area contributed by atoms with E-state index in [0.29, 0.717) is 6.61 Å². The van der Waals surface area contributed by atoms with Crippen molar-refractivity contribution in [2.45, 2.75) is 19.4 Å². The van der Waals surface area contributed by atoms with Crippen LogP contribution in [0.15, 0.2) is 40.8 Å². The van der Waals surface area contributed by atoms with Gasteiger partial charge >= 0.3 is 0 Å². The van der Waals surface area contributed by atoms with Gasteiger partial charge in [0.15, 0.2) is 0 Å². The summed E-state index contributed by atoms with van der Waals surface area (Å²) in [6.45, 7) is 5.33. The van der Waals surface area contributed by atoms with E-state index in [0.717, 1.165) is 68.7 Å². The topological polar surface area (TPSA) is 44.1 Å². The molecule has 0 radical (unpaired) electrons. The summed E-state index contributed by atoms with van der Waals surface area (Å²) in [7, 11) is 1.65. The highest BCUT2D eigenvalue weighted by Crippen LogP contribution is 2.19. The predicted octanol–water partition coefficient (Wildman–Crippen LogP) is 3.13. The van der Waals surface area contributed by atoms with Crippen LogP contribution in [0.2, 0.25) is 0 Å². The van der Waals surface area contributed by atoms with Gasteiger partial charge in [-0.2, -0.15) is 0 Å². The Labute approximate surface area is 143 Å². The number of ether oxygens (including phenoxy) is 3. The molecule has 0 unspecified atom stereocenters. The van der Waals surface area contributed by atoms with Gasteiger partial charge in [-0.15, -0.1) is 0 Å². The van der Waals surface area contributed by atoms with Crippen molar-refractivity contribution in [2.24, 2.45) is 0 Å². The third-order valence-corrected chi connectivity index (χ3v) is 4.16. The first kappa shape index (κ1) is 16.9. The molecule has 2 aromatic rings. The highest BCUT2D eigenvalue weighted by molar-refractivity contribution is 5.31. The normalized spacial score (nSPS) is 15.4. The lowest BCUT2D eigenvalue weighted by molar-refractivity contribution is 0.0373. The summed E-state index contributed by atoms with van der Waals surface area (Å²) >= 11 is 0. The van der Waals surface area contributed by atoms with Gasteiger partial charge in [-0.05, 0) is 49.4 Å². The Morgan fingerprint density at radius 2 is 1.67 bits per heavy atom. The van der Waals surface area contributed by atoms with Gasteiger partial charge in [0, 0.05) is 19.5 Å². The molecule has 24 heavy (non-hydrogen) atoms. The van der Waals surface area contributed by atoms with Gasteiger partial charge in [0.25, 0.3) is 0 Å². The molecule has 2 heterocycles. The van der Waals surface area contributed by atoms with Crippen molar-refractivity contribution in [1.82, 2.24) is 4.90 Å². The Bertz CT molecular complexity index is 602. The summed E-state index contributed by atoms with van der Waals surface area (Å²) in [6.07, 6.45) is 2.06. The Morgan fingerprint density at radius 3 is 2.42 bits per heavy atom. The van der Waals surface area contributed by atoms with Crippen LogP contribution in [0.25, 0.3) is 0 Å². The molecule has 0 bridgehead atoms. The number of rotatable bonds is 8. The van der Waals surface area contributed by atoms with Gasteiger partial charge in [-0.25, -0.2) is 0 Å². The minimum atomic E-state index is 0.440. The van der Waals surface area contributed by atoms with E-state index in [1.165, 1.54) is 0 Å². The van der Waals surface area contributed by atoms with Gasteiger partial charge < -0.3 is 18.6 Å². The third kappa shape index (κ3) is 5.01. The van der Waals surface area contributed by atoms with Crippen LogP contribution in [-0.4, -0.2) is 44.9 Å². The monoisotopic (exact) mass is 331 g/mol. The van der Waals surface area contributed by atoms with Crippen molar-refractivity contribution in [3.05, 3.63) is 47.9 Å². The second kappa shape index (κ2) is 8.76. The Morgan fingerprint density at radius 1 is 0.958 bits per heavy atom. The van der Waals surface area contributed by atoms with Crippen LogP contribution in [0.4, 0.5) is 0 Å². The molecule has 0 atom stereocenters. The minimum Gasteiger partial charge on any atom is -0.497 e. The molecule has 1 aromatic heterocycles. The van der Waals surface area contributed by atoms with E-state index < -0.39 is 0 Å². The highest BCUT2D eigenvalue weighted by Gasteiger charge is 2.10. The zero-order chi connectivity index (χ0) is 16.6. The van der Waals surface area contributed by atoms with Crippen molar-refractivity contribution in [3.8, 4) is 11.5 Å². The number of furan rings is 1. The molecule has 1 saturated heterocycles. The first-order valence-electron chi connectivity index (χ1n) is 8.48. The van der Waals surface area contributed by atoms with Crippen molar-refractivity contribution in [1.29, 1.82) is 0 Å². The molecular formula is C19H25NO4. The fourth-order valence-corrected chi connectivity index (χ4v) is 2.76. The SMILES string of the molecule is COc1ccc(OCc2ccc(CCCN3CCOCC3)o2)cc1. The molecule has 0 N–H and O–H groups in total. The van der Waals surface area contributed by atoms with E-state index in [1.807, 2.05) is 36.4 Å². The predicted molar refractivity (Wildman–Crippen MR) is 91.6 cm³/mol. The summed E-state index contributed by atoms with van der Waals surface area (Å²) in [5, 5.41) is 0. The number of morpholine rings is 1. The molecule has 1 aliphatic heterocycles. The van der Waals surface area contributed by atoms with E-state index >= 15 is 0 Å². The van der Waals surface area contributed by atoms with Gasteiger partial charge in [-0.1, -0.05) is 0 Å². The van der Waals surface area contributed by atoms with Crippen molar-refractivity contribution in [2.75, 3.05) is 40.0 Å². The highest BCUT2D eigenvalue weighted by atomic mass is 16.5. The molecule has 3 rings (SSSR count). The number of hydrogen-bond donors (Lipinski definition) is 0. The molecule has 0 spiro atoms. The van der Waals surface area contributed by atoms with E-state index in [9.17, 15) is 0 Å². The quantitative estimate of drug-likeness (QED) is 0.743. The molecule has 0 saturated carbocycles. The first-order chi connectivity index (χ1) is 11.8. The van der Waals surface area contributed by atoms with Crippen LogP contribution in [0.1, 0.15) is 17.9 Å². The fraction of sp³-hybridized carbons (Fsp3) is 0.474. The summed E-state index contributed by atoms with van der Waals surface area (Å²) in [5.41, 5.74) is 0. The molecular weight excluding hydrogens is 306 g/mol. The molecule has 0 amide bonds. The van der Waals surface area contributed by atoms with Crippen LogP contribution in [0.5, 0.6) is 11.5 Å². The lowest BCUT2D eigenvalue weighted by Gasteiger charge is -2.26. The number of methoxy groups -OCH3 is 1. The summed E-state index contributed by atoms with van der Waals surface area (Å²) in [5.74, 6) is 3.51. The van der Waals surface area contributed by atoms with E-state index in [1.54, 1.807) is 7.11 Å². The Kier molecular flexibility index (Phi) is 6.15. The summed E-state index contributed by atoms with van der Waals surface area (Å²) in [4.78, 5) is 2.44. The van der Waals surface area contributed by atoms with Crippen LogP contribution in [-0.2, 0) is 17.8 Å². The molecule has 5 nitrogen and oxygen atoms in total. The van der Waals surface area contributed by atoms with Gasteiger partial charge in [0.05, 0.1) is 20.3 Å². The zero-order valence-electron chi connectivity index (χ0n) is 14.2. The maximum atomic E-state index is 5.85. The first-order valence-corrected chi connectivity index (χ1v) is 8.48. The fourth-order valence-electron chi connectivity index (χ4n) is 2.76. The van der Waals surface area contributed by atoms with E-state index in [-0.39, 0.29) is 0 Å². The smallest absolute Gasteiger partial charge is 0.146 e. The summed E-state index contributed by atoms with van der Waals surface area (Å²) < 4.78 is 22.1. The van der Waals surface area contributed by atoms with E-state index in [4.69, 9.17) is 18.6 Å². The maximum absolute atomic E-state index is 5.85. The van der Waals surface area contributed by atoms with Crippen molar-refractivity contribution < 1.29 is 18.6 Å². The number of benzene rings is 1. The molecule has 1 aromatic carbocycles. The average Bonchev–Trinajstić information content (AvgIpc) is 3.09. The largest absolute Gasteiger partial charge is 0.497 e. The Hall–Kier alpha value is -1.98. The molecule has 0 aliphatic carbocycles. The average molecular weight is 331 g/mol. The second-order valence-electron chi connectivity index (χ2n) is 5.89. The molecule has 130 valence electrons. The van der Waals surface area contributed by atoms with E-state index in [2.05, 4.69) is 4.90 Å². The van der Waals surface area contributed by atoms with Crippen LogP contribution >= 0.6 is 0 Å². The maximum Gasteiger partial charge on any atom is 0.146 e. The lowest BCUT2D eigenvalue weighted by Crippen LogP contribution is -2.36. The van der Waals surface area contributed by atoms with Crippen molar-refractivity contribution >= 4 is 0 Å². The van der Waals surface area contributed by atoms with Crippen molar-refractivity contribution in [3.63, 3.8) is 0 Å². The zero-order valence-corrected chi connectivity index (χ0v) is 14.2. The molecule has 1 fully saturated rings. The standard InChI is InChI=1S/C19H25NO4/c1-21-16-4-6-17(7-5-16)23-15-19-9-8-18(24-19)3-2-10-20-11-13-22-14-12-20/h4-9H,2-3,10-15H2,1H3. The van der Waals surface area contributed by atoms with Crippen LogP contribution in [0.3, 0.4) is 0 Å². The van der Waals surface area contributed by atoms with Gasteiger partial charge in [0.1, 0.15) is 29.6 Å². The van der Waals surface area contributed by atoms with Gasteiger partial charge in [0.2, 0.25) is 0 Å². The Balaban J connectivity index is 1.39. The summed E-state index contributed by atoms with van der Waals surface area (Å²) in [6, 6.07) is 11.6. The molecule has 5 heteroatoms. The van der Waals surface area contributed by atoms with Crippen LogP contribution < -0.4 is 9.47 Å². The number of hydrogen-bond acceptors (Lipinski definition) is 5. The minimum absolute atomic E-state index is 0.440. The second-order valence-corrected chi connectivity index (χ2v) is 5.89. The lowest BCUT2D eigenvalue weighted by atomic mass is 10.2. The number of aryl methyl sites for hydroxylation is 1. The molecule has 1 aliphatic rings. The van der Waals surface area contributed by atoms with Gasteiger partial charge in [-0.3, -0.25) is 4.90 Å². The van der Waals surface area contributed by atoms with Crippen LogP contribution in [0, 0.1) is 0 Å². The third-order valence-electron chi connectivity index (χ3n) is 4.16. The number of nitrogens with zero attached hydrogens (tertiary/aromatic N) is 1.